The van der Waals surface area contributed by atoms with Crippen LogP contribution in [0.1, 0.15) is 48.5 Å². The van der Waals surface area contributed by atoms with Gasteiger partial charge in [-0.15, -0.1) is 0 Å². The van der Waals surface area contributed by atoms with E-state index in [4.69, 9.17) is 8.85 Å². The number of rotatable bonds is 6. The van der Waals surface area contributed by atoms with E-state index in [0.717, 1.165) is 6.04 Å². The lowest BCUT2D eigenvalue weighted by Crippen LogP contribution is -2.48. The lowest BCUT2D eigenvalue weighted by molar-refractivity contribution is 0.0994. The highest BCUT2D eigenvalue weighted by Crippen LogP contribution is 2.29. The molecule has 2 nitrogen and oxygen atoms in total. The third kappa shape index (κ3) is 4.11. The SMILES string of the molecule is CC[Si](OC(C)C)(OC(C)C)C(C)C. The standard InChI is InChI=1S/C11H26O2Si/c1-8-14(11(6)7,12-9(2)3)13-10(4)5/h9-11H,8H2,1-7H3. The average molecular weight is 218 g/mol. The summed E-state index contributed by atoms with van der Waals surface area (Å²) in [4.78, 5) is 0. The van der Waals surface area contributed by atoms with E-state index in [9.17, 15) is 0 Å². The fraction of sp³-hybridized carbons (Fsp3) is 1.00. The van der Waals surface area contributed by atoms with Gasteiger partial charge in [0.2, 0.25) is 0 Å². The van der Waals surface area contributed by atoms with Gasteiger partial charge in [-0.25, -0.2) is 0 Å². The van der Waals surface area contributed by atoms with Crippen molar-refractivity contribution in [1.82, 2.24) is 0 Å². The van der Waals surface area contributed by atoms with E-state index in [1.807, 2.05) is 0 Å². The predicted octanol–water partition coefficient (Wildman–Crippen LogP) is 3.71. The minimum atomic E-state index is -1.97. The first-order valence-corrected chi connectivity index (χ1v) is 7.79. The molecule has 0 aromatic heterocycles. The summed E-state index contributed by atoms with van der Waals surface area (Å²) in [6, 6.07) is 1.03. The summed E-state index contributed by atoms with van der Waals surface area (Å²) in [6.07, 6.45) is 0.533. The molecule has 0 fully saturated rings. The molecule has 0 saturated heterocycles. The smallest absolute Gasteiger partial charge is 0.340 e. The highest BCUT2D eigenvalue weighted by Gasteiger charge is 2.41. The first kappa shape index (κ1) is 14.1. The second-order valence-corrected chi connectivity index (χ2v) is 8.61. The van der Waals surface area contributed by atoms with Gasteiger partial charge < -0.3 is 8.85 Å². The Labute approximate surface area is 90.2 Å². The molecule has 3 heteroatoms. The molecule has 0 saturated carbocycles. The van der Waals surface area contributed by atoms with Gasteiger partial charge in [0.25, 0.3) is 0 Å². The predicted molar refractivity (Wildman–Crippen MR) is 63.8 cm³/mol. The summed E-state index contributed by atoms with van der Waals surface area (Å²) in [5.41, 5.74) is 0.511. The van der Waals surface area contributed by atoms with Gasteiger partial charge in [0.05, 0.1) is 0 Å². The Morgan fingerprint density at radius 1 is 0.857 bits per heavy atom. The molecule has 14 heavy (non-hydrogen) atoms. The molecule has 0 heterocycles. The molecule has 0 N–H and O–H groups in total. The third-order valence-corrected chi connectivity index (χ3v) is 6.73. The van der Waals surface area contributed by atoms with Crippen LogP contribution in [-0.4, -0.2) is 20.8 Å². The van der Waals surface area contributed by atoms with Crippen LogP contribution in [0.5, 0.6) is 0 Å². The van der Waals surface area contributed by atoms with Gasteiger partial charge in [0, 0.05) is 12.2 Å². The molecule has 0 spiro atoms. The van der Waals surface area contributed by atoms with Gasteiger partial charge in [-0.2, -0.15) is 0 Å². The first-order chi connectivity index (χ1) is 6.34. The molecule has 0 aliphatic rings. The van der Waals surface area contributed by atoms with Crippen LogP contribution in [0.15, 0.2) is 0 Å². The van der Waals surface area contributed by atoms with E-state index in [0.29, 0.717) is 5.54 Å². The minimum Gasteiger partial charge on any atom is -0.392 e. The number of hydrogen-bond donors (Lipinski definition) is 0. The molecule has 0 atom stereocenters. The largest absolute Gasteiger partial charge is 0.392 e. The molecule has 0 aromatic carbocycles. The van der Waals surface area contributed by atoms with Crippen molar-refractivity contribution in [2.75, 3.05) is 0 Å². The van der Waals surface area contributed by atoms with Crippen LogP contribution >= 0.6 is 0 Å². The van der Waals surface area contributed by atoms with Gasteiger partial charge in [0.1, 0.15) is 0 Å². The maximum atomic E-state index is 6.08. The normalized spacial score (nSPS) is 13.3. The lowest BCUT2D eigenvalue weighted by Gasteiger charge is -2.36. The van der Waals surface area contributed by atoms with Crippen LogP contribution < -0.4 is 0 Å². The molecule has 0 aromatic rings. The summed E-state index contributed by atoms with van der Waals surface area (Å²) in [6.45, 7) is 14.9. The highest BCUT2D eigenvalue weighted by atomic mass is 28.4. The Balaban J connectivity index is 4.60. The molecular weight excluding hydrogens is 192 g/mol. The topological polar surface area (TPSA) is 18.5 Å². The van der Waals surface area contributed by atoms with Crippen molar-refractivity contribution in [3.05, 3.63) is 0 Å². The fourth-order valence-electron chi connectivity index (χ4n) is 1.67. The van der Waals surface area contributed by atoms with E-state index in [1.165, 1.54) is 0 Å². The van der Waals surface area contributed by atoms with Crippen LogP contribution in [-0.2, 0) is 8.85 Å². The Morgan fingerprint density at radius 3 is 1.36 bits per heavy atom. The highest BCUT2D eigenvalue weighted by molar-refractivity contribution is 6.68. The Kier molecular flexibility index (Phi) is 5.94. The summed E-state index contributed by atoms with van der Waals surface area (Å²) >= 11 is 0. The Morgan fingerprint density at radius 2 is 1.21 bits per heavy atom. The maximum absolute atomic E-state index is 6.08. The van der Waals surface area contributed by atoms with E-state index in [2.05, 4.69) is 48.5 Å². The summed E-state index contributed by atoms with van der Waals surface area (Å²) in [5.74, 6) is 0. The molecule has 0 amide bonds. The third-order valence-electron chi connectivity index (χ3n) is 2.24. The molecule has 0 rings (SSSR count). The summed E-state index contributed by atoms with van der Waals surface area (Å²) in [7, 11) is -1.97. The molecule has 86 valence electrons. The van der Waals surface area contributed by atoms with E-state index < -0.39 is 8.56 Å². The van der Waals surface area contributed by atoms with E-state index in [1.54, 1.807) is 0 Å². The maximum Gasteiger partial charge on any atom is 0.340 e. The lowest BCUT2D eigenvalue weighted by atomic mass is 10.5. The zero-order chi connectivity index (χ0) is 11.4. The van der Waals surface area contributed by atoms with Gasteiger partial charge >= 0.3 is 8.56 Å². The van der Waals surface area contributed by atoms with Crippen molar-refractivity contribution in [2.24, 2.45) is 0 Å². The van der Waals surface area contributed by atoms with Crippen LogP contribution in [0.2, 0.25) is 11.6 Å². The van der Waals surface area contributed by atoms with Crippen molar-refractivity contribution < 1.29 is 8.85 Å². The van der Waals surface area contributed by atoms with Crippen LogP contribution in [0.4, 0.5) is 0 Å². The van der Waals surface area contributed by atoms with Crippen molar-refractivity contribution in [1.29, 1.82) is 0 Å². The van der Waals surface area contributed by atoms with Crippen molar-refractivity contribution in [2.45, 2.75) is 72.3 Å². The zero-order valence-electron chi connectivity index (χ0n) is 10.8. The van der Waals surface area contributed by atoms with Gasteiger partial charge in [-0.05, 0) is 39.3 Å². The first-order valence-electron chi connectivity index (χ1n) is 5.69. The summed E-state index contributed by atoms with van der Waals surface area (Å²) < 4.78 is 12.2. The second kappa shape index (κ2) is 5.88. The Bertz CT molecular complexity index is 145. The van der Waals surface area contributed by atoms with Gasteiger partial charge in [-0.1, -0.05) is 20.8 Å². The van der Waals surface area contributed by atoms with Crippen LogP contribution in [0, 0.1) is 0 Å². The molecule has 0 radical (unpaired) electrons. The zero-order valence-corrected chi connectivity index (χ0v) is 11.8. The fourth-order valence-corrected chi connectivity index (χ4v) is 5.02. The van der Waals surface area contributed by atoms with Crippen molar-refractivity contribution in [3.8, 4) is 0 Å². The minimum absolute atomic E-state index is 0.266. The Hall–Kier alpha value is 0.137. The molecule has 0 aliphatic carbocycles. The second-order valence-electron chi connectivity index (χ2n) is 4.65. The van der Waals surface area contributed by atoms with Gasteiger partial charge in [0.15, 0.2) is 0 Å². The number of hydrogen-bond acceptors (Lipinski definition) is 2. The van der Waals surface area contributed by atoms with Gasteiger partial charge in [-0.3, -0.25) is 0 Å². The molecule has 0 bridgehead atoms. The molecular formula is C11H26O2Si. The molecule has 0 aliphatic heterocycles. The van der Waals surface area contributed by atoms with Crippen molar-refractivity contribution >= 4 is 8.56 Å². The van der Waals surface area contributed by atoms with E-state index in [-0.39, 0.29) is 12.2 Å². The molecule has 0 unspecified atom stereocenters. The van der Waals surface area contributed by atoms with Crippen LogP contribution in [0.3, 0.4) is 0 Å². The monoisotopic (exact) mass is 218 g/mol. The summed E-state index contributed by atoms with van der Waals surface area (Å²) in [5, 5.41) is 0. The van der Waals surface area contributed by atoms with Crippen molar-refractivity contribution in [3.63, 3.8) is 0 Å². The average Bonchev–Trinajstić information content (AvgIpc) is 2.00. The van der Waals surface area contributed by atoms with Crippen LogP contribution in [0.25, 0.3) is 0 Å². The van der Waals surface area contributed by atoms with E-state index >= 15 is 0 Å². The quantitative estimate of drug-likeness (QED) is 0.633.